The van der Waals surface area contributed by atoms with Crippen molar-refractivity contribution < 1.29 is 4.79 Å². The third-order valence-corrected chi connectivity index (χ3v) is 3.78. The average Bonchev–Trinajstić information content (AvgIpc) is 3.16. The second-order valence-electron chi connectivity index (χ2n) is 5.26. The van der Waals surface area contributed by atoms with Gasteiger partial charge in [-0.15, -0.1) is 0 Å². The van der Waals surface area contributed by atoms with Gasteiger partial charge in [0.1, 0.15) is 11.7 Å². The maximum Gasteiger partial charge on any atom is 0.245 e. The van der Waals surface area contributed by atoms with Gasteiger partial charge in [0, 0.05) is 18.6 Å². The highest BCUT2D eigenvalue weighted by molar-refractivity contribution is 5.80. The first-order chi connectivity index (χ1) is 10.7. The SMILES string of the molecule is CC[C@@H](C(=O)NCc1cnc2c(C)cccn12)n1cccn1. The molecule has 0 radical (unpaired) electrons. The molecule has 0 aromatic carbocycles. The number of carbonyl (C=O) groups is 1. The van der Waals surface area contributed by atoms with E-state index >= 15 is 0 Å². The number of nitrogens with zero attached hydrogens (tertiary/aromatic N) is 4. The molecule has 6 nitrogen and oxygen atoms in total. The standard InChI is InChI=1S/C16H19N5O/c1-3-14(21-9-5-7-19-21)16(22)18-11-13-10-17-15-12(2)6-4-8-20(13)15/h4-10,14H,3,11H2,1-2H3,(H,18,22)/t14-/m0/s1. The molecule has 1 atom stereocenters. The van der Waals surface area contributed by atoms with Crippen LogP contribution in [0.4, 0.5) is 0 Å². The Morgan fingerprint density at radius 2 is 2.23 bits per heavy atom. The Morgan fingerprint density at radius 1 is 1.36 bits per heavy atom. The summed E-state index contributed by atoms with van der Waals surface area (Å²) < 4.78 is 3.69. The van der Waals surface area contributed by atoms with Crippen LogP contribution in [-0.2, 0) is 11.3 Å². The summed E-state index contributed by atoms with van der Waals surface area (Å²) >= 11 is 0. The number of hydrogen-bond acceptors (Lipinski definition) is 3. The van der Waals surface area contributed by atoms with Gasteiger partial charge in [-0.3, -0.25) is 9.48 Å². The summed E-state index contributed by atoms with van der Waals surface area (Å²) in [5, 5.41) is 7.13. The van der Waals surface area contributed by atoms with Crippen molar-refractivity contribution in [3.63, 3.8) is 0 Å². The van der Waals surface area contributed by atoms with Crippen LogP contribution in [0.3, 0.4) is 0 Å². The molecule has 3 aromatic heterocycles. The molecule has 0 aliphatic carbocycles. The normalized spacial score (nSPS) is 12.5. The Labute approximate surface area is 128 Å². The molecule has 0 aliphatic rings. The van der Waals surface area contributed by atoms with Gasteiger partial charge in [0.05, 0.1) is 18.4 Å². The molecular formula is C16H19N5O. The number of hydrogen-bond donors (Lipinski definition) is 1. The monoisotopic (exact) mass is 297 g/mol. The fourth-order valence-electron chi connectivity index (χ4n) is 2.59. The van der Waals surface area contributed by atoms with Crippen molar-refractivity contribution in [3.8, 4) is 0 Å². The van der Waals surface area contributed by atoms with Gasteiger partial charge in [-0.05, 0) is 31.0 Å². The Balaban J connectivity index is 1.73. The lowest BCUT2D eigenvalue weighted by molar-refractivity contribution is -0.124. The van der Waals surface area contributed by atoms with Crippen LogP contribution in [0.15, 0.2) is 43.0 Å². The van der Waals surface area contributed by atoms with E-state index in [4.69, 9.17) is 0 Å². The lowest BCUT2D eigenvalue weighted by Gasteiger charge is -2.15. The Bertz CT molecular complexity index is 775. The average molecular weight is 297 g/mol. The number of rotatable bonds is 5. The summed E-state index contributed by atoms with van der Waals surface area (Å²) in [5.41, 5.74) is 3.00. The second-order valence-corrected chi connectivity index (χ2v) is 5.26. The predicted octanol–water partition coefficient (Wildman–Crippen LogP) is 2.11. The molecule has 114 valence electrons. The van der Waals surface area contributed by atoms with Gasteiger partial charge in [-0.1, -0.05) is 13.0 Å². The molecule has 3 heterocycles. The van der Waals surface area contributed by atoms with Crippen molar-refractivity contribution in [2.45, 2.75) is 32.9 Å². The van der Waals surface area contributed by atoms with E-state index in [0.29, 0.717) is 13.0 Å². The van der Waals surface area contributed by atoms with E-state index in [0.717, 1.165) is 16.9 Å². The fraction of sp³-hybridized carbons (Fsp3) is 0.312. The molecule has 0 saturated heterocycles. The zero-order chi connectivity index (χ0) is 15.5. The van der Waals surface area contributed by atoms with E-state index in [-0.39, 0.29) is 11.9 Å². The first-order valence-electron chi connectivity index (χ1n) is 7.39. The van der Waals surface area contributed by atoms with Crippen LogP contribution < -0.4 is 5.32 Å². The number of imidazole rings is 1. The lowest BCUT2D eigenvalue weighted by atomic mass is 10.2. The number of pyridine rings is 1. The molecule has 3 aromatic rings. The number of aryl methyl sites for hydroxylation is 1. The van der Waals surface area contributed by atoms with Crippen molar-refractivity contribution in [3.05, 3.63) is 54.2 Å². The van der Waals surface area contributed by atoms with Gasteiger partial charge in [-0.2, -0.15) is 5.10 Å². The van der Waals surface area contributed by atoms with E-state index in [2.05, 4.69) is 15.4 Å². The zero-order valence-electron chi connectivity index (χ0n) is 12.7. The first-order valence-corrected chi connectivity index (χ1v) is 7.39. The van der Waals surface area contributed by atoms with Gasteiger partial charge in [0.15, 0.2) is 0 Å². The summed E-state index contributed by atoms with van der Waals surface area (Å²) in [6.45, 7) is 4.44. The summed E-state index contributed by atoms with van der Waals surface area (Å²) in [4.78, 5) is 16.8. The Kier molecular flexibility index (Phi) is 3.91. The minimum Gasteiger partial charge on any atom is -0.349 e. The minimum absolute atomic E-state index is 0.0335. The zero-order valence-corrected chi connectivity index (χ0v) is 12.7. The number of carbonyl (C=O) groups excluding carboxylic acids is 1. The van der Waals surface area contributed by atoms with Gasteiger partial charge in [0.2, 0.25) is 5.91 Å². The van der Waals surface area contributed by atoms with Gasteiger partial charge >= 0.3 is 0 Å². The van der Waals surface area contributed by atoms with Gasteiger partial charge in [0.25, 0.3) is 0 Å². The number of nitrogens with one attached hydrogen (secondary N) is 1. The minimum atomic E-state index is -0.282. The van der Waals surface area contributed by atoms with E-state index in [1.165, 1.54) is 0 Å². The van der Waals surface area contributed by atoms with Crippen LogP contribution in [0.25, 0.3) is 5.65 Å². The molecule has 0 aliphatic heterocycles. The topological polar surface area (TPSA) is 64.2 Å². The summed E-state index contributed by atoms with van der Waals surface area (Å²) in [7, 11) is 0. The number of amides is 1. The Morgan fingerprint density at radius 3 is 2.95 bits per heavy atom. The molecule has 3 rings (SSSR count). The van der Waals surface area contributed by atoms with E-state index in [9.17, 15) is 4.79 Å². The van der Waals surface area contributed by atoms with Crippen molar-refractivity contribution in [1.82, 2.24) is 24.5 Å². The van der Waals surface area contributed by atoms with Crippen molar-refractivity contribution in [2.24, 2.45) is 0 Å². The van der Waals surface area contributed by atoms with Crippen LogP contribution >= 0.6 is 0 Å². The van der Waals surface area contributed by atoms with Crippen LogP contribution in [-0.4, -0.2) is 25.1 Å². The van der Waals surface area contributed by atoms with Crippen LogP contribution in [0.5, 0.6) is 0 Å². The van der Waals surface area contributed by atoms with Crippen LogP contribution in [0, 0.1) is 6.92 Å². The molecule has 0 bridgehead atoms. The first kappa shape index (κ1) is 14.3. The van der Waals surface area contributed by atoms with Crippen molar-refractivity contribution >= 4 is 11.6 Å². The molecule has 1 N–H and O–H groups in total. The fourth-order valence-corrected chi connectivity index (χ4v) is 2.59. The third kappa shape index (κ3) is 2.59. The molecule has 1 amide bonds. The highest BCUT2D eigenvalue weighted by atomic mass is 16.2. The predicted molar refractivity (Wildman–Crippen MR) is 83.3 cm³/mol. The van der Waals surface area contributed by atoms with E-state index in [1.54, 1.807) is 17.1 Å². The van der Waals surface area contributed by atoms with E-state index < -0.39 is 0 Å². The highest BCUT2D eigenvalue weighted by Gasteiger charge is 2.18. The van der Waals surface area contributed by atoms with Crippen molar-refractivity contribution in [1.29, 1.82) is 0 Å². The van der Waals surface area contributed by atoms with Crippen LogP contribution in [0.2, 0.25) is 0 Å². The number of fused-ring (bicyclic) bond motifs is 1. The largest absolute Gasteiger partial charge is 0.349 e. The molecule has 22 heavy (non-hydrogen) atoms. The van der Waals surface area contributed by atoms with E-state index in [1.807, 2.05) is 48.8 Å². The molecule has 0 unspecified atom stereocenters. The molecule has 0 fully saturated rings. The molecule has 0 spiro atoms. The maximum atomic E-state index is 12.4. The Hall–Kier alpha value is -2.63. The molecule has 0 saturated carbocycles. The van der Waals surface area contributed by atoms with Crippen LogP contribution in [0.1, 0.15) is 30.6 Å². The maximum absolute atomic E-state index is 12.4. The second kappa shape index (κ2) is 6.01. The smallest absolute Gasteiger partial charge is 0.245 e. The van der Waals surface area contributed by atoms with Crippen molar-refractivity contribution in [2.75, 3.05) is 0 Å². The lowest BCUT2D eigenvalue weighted by Crippen LogP contribution is -2.32. The molecular weight excluding hydrogens is 278 g/mol. The third-order valence-electron chi connectivity index (χ3n) is 3.78. The quantitative estimate of drug-likeness (QED) is 0.784. The molecule has 6 heteroatoms. The highest BCUT2D eigenvalue weighted by Crippen LogP contribution is 2.12. The summed E-state index contributed by atoms with van der Waals surface area (Å²) in [5.74, 6) is -0.0335. The summed E-state index contributed by atoms with van der Waals surface area (Å²) in [6, 6.07) is 5.54. The van der Waals surface area contributed by atoms with Gasteiger partial charge in [-0.25, -0.2) is 4.98 Å². The number of aromatic nitrogens is 4. The van der Waals surface area contributed by atoms with Gasteiger partial charge < -0.3 is 9.72 Å². The summed E-state index contributed by atoms with van der Waals surface area (Å²) in [6.07, 6.45) is 7.95.